The lowest BCUT2D eigenvalue weighted by molar-refractivity contribution is 0.562. The summed E-state index contributed by atoms with van der Waals surface area (Å²) in [5, 5.41) is 6.20. The number of benzene rings is 1. The van der Waals surface area contributed by atoms with Crippen molar-refractivity contribution in [3.63, 3.8) is 0 Å². The Labute approximate surface area is 125 Å². The highest BCUT2D eigenvalue weighted by molar-refractivity contribution is 7.89. The maximum Gasteiger partial charge on any atom is 0.258 e. The minimum absolute atomic E-state index is 0.0701. The zero-order valence-electron chi connectivity index (χ0n) is 12.7. The number of hydrogen-bond acceptors (Lipinski definition) is 3. The van der Waals surface area contributed by atoms with E-state index in [9.17, 15) is 8.42 Å². The van der Waals surface area contributed by atoms with Crippen molar-refractivity contribution in [1.29, 1.82) is 0 Å². The number of nitrogens with one attached hydrogen (secondary N) is 2. The summed E-state index contributed by atoms with van der Waals surface area (Å²) in [6.07, 6.45) is 1.41. The molecule has 0 amide bonds. The third-order valence-electron chi connectivity index (χ3n) is 3.37. The first kappa shape index (κ1) is 15.7. The molecule has 5 nitrogen and oxygen atoms in total. The molecule has 2 rings (SSSR count). The van der Waals surface area contributed by atoms with Crippen molar-refractivity contribution >= 4 is 10.0 Å². The lowest BCUT2D eigenvalue weighted by atomic mass is 9.86. The molecule has 1 aromatic heterocycles. The normalized spacial score (nSPS) is 14.1. The number of nitrogens with zero attached hydrogens (tertiary/aromatic N) is 1. The molecule has 0 aliphatic rings. The second-order valence-corrected chi connectivity index (χ2v) is 7.82. The fourth-order valence-corrected chi connectivity index (χ4v) is 3.17. The third kappa shape index (κ3) is 3.71. The van der Waals surface area contributed by atoms with Gasteiger partial charge in [-0.05, 0) is 29.5 Å². The molecule has 0 aliphatic heterocycles. The molecule has 1 atom stereocenters. The fourth-order valence-electron chi connectivity index (χ4n) is 2.03. The first-order valence-electron chi connectivity index (χ1n) is 6.82. The highest BCUT2D eigenvalue weighted by atomic mass is 32.2. The smallest absolute Gasteiger partial charge is 0.258 e. The number of aromatic nitrogens is 2. The third-order valence-corrected chi connectivity index (χ3v) is 4.84. The molecule has 21 heavy (non-hydrogen) atoms. The zero-order chi connectivity index (χ0) is 15.7. The van der Waals surface area contributed by atoms with Crippen LogP contribution >= 0.6 is 0 Å². The van der Waals surface area contributed by atoms with Gasteiger partial charge >= 0.3 is 0 Å². The van der Waals surface area contributed by atoms with Crippen LogP contribution in [0.5, 0.6) is 0 Å². The Kier molecular flexibility index (Phi) is 4.20. The molecule has 1 heterocycles. The summed E-state index contributed by atoms with van der Waals surface area (Å²) >= 11 is 0. The van der Waals surface area contributed by atoms with Gasteiger partial charge in [0.2, 0.25) is 0 Å². The highest BCUT2D eigenvalue weighted by Gasteiger charge is 2.20. The van der Waals surface area contributed by atoms with E-state index < -0.39 is 10.0 Å². The van der Waals surface area contributed by atoms with Crippen molar-refractivity contribution < 1.29 is 8.42 Å². The van der Waals surface area contributed by atoms with Gasteiger partial charge in [-0.15, -0.1) is 0 Å². The van der Waals surface area contributed by atoms with Gasteiger partial charge in [0, 0.05) is 6.04 Å². The first-order chi connectivity index (χ1) is 9.70. The monoisotopic (exact) mass is 307 g/mol. The molecule has 0 spiro atoms. The molecular weight excluding hydrogens is 286 g/mol. The fraction of sp³-hybridized carbons (Fsp3) is 0.400. The van der Waals surface area contributed by atoms with E-state index in [1.54, 1.807) is 0 Å². The largest absolute Gasteiger partial charge is 0.266 e. The second kappa shape index (κ2) is 5.61. The van der Waals surface area contributed by atoms with Gasteiger partial charge in [-0.25, -0.2) is 13.1 Å². The Hall–Kier alpha value is -1.66. The quantitative estimate of drug-likeness (QED) is 0.912. The van der Waals surface area contributed by atoms with Gasteiger partial charge in [0.15, 0.2) is 5.03 Å². The molecule has 2 aromatic rings. The van der Waals surface area contributed by atoms with Crippen LogP contribution in [0.25, 0.3) is 0 Å². The molecule has 1 unspecified atom stereocenters. The van der Waals surface area contributed by atoms with E-state index in [-0.39, 0.29) is 16.5 Å². The molecule has 0 saturated carbocycles. The number of rotatable bonds is 4. The van der Waals surface area contributed by atoms with Crippen LogP contribution in [0.2, 0.25) is 0 Å². The molecule has 0 aliphatic carbocycles. The van der Waals surface area contributed by atoms with Crippen LogP contribution in [0.4, 0.5) is 0 Å². The van der Waals surface area contributed by atoms with Crippen molar-refractivity contribution in [3.8, 4) is 0 Å². The van der Waals surface area contributed by atoms with Crippen LogP contribution in [0.15, 0.2) is 41.6 Å². The Morgan fingerprint density at radius 3 is 2.24 bits per heavy atom. The van der Waals surface area contributed by atoms with E-state index in [1.165, 1.54) is 17.8 Å². The van der Waals surface area contributed by atoms with Gasteiger partial charge in [0.1, 0.15) is 0 Å². The minimum Gasteiger partial charge on any atom is -0.266 e. The molecular formula is C15H21N3O2S. The summed E-state index contributed by atoms with van der Waals surface area (Å²) in [6, 6.07) is 9.11. The Morgan fingerprint density at radius 1 is 1.14 bits per heavy atom. The van der Waals surface area contributed by atoms with Crippen molar-refractivity contribution in [3.05, 3.63) is 47.7 Å². The van der Waals surface area contributed by atoms with E-state index in [4.69, 9.17) is 0 Å². The Morgan fingerprint density at radius 2 is 1.76 bits per heavy atom. The lowest BCUT2D eigenvalue weighted by Gasteiger charge is -2.20. The number of sulfonamides is 1. The summed E-state index contributed by atoms with van der Waals surface area (Å²) in [5.41, 5.74) is 2.22. The highest BCUT2D eigenvalue weighted by Crippen LogP contribution is 2.24. The summed E-state index contributed by atoms with van der Waals surface area (Å²) in [6.45, 7) is 8.26. The summed E-state index contributed by atoms with van der Waals surface area (Å²) in [7, 11) is -3.57. The van der Waals surface area contributed by atoms with E-state index in [1.807, 2.05) is 31.2 Å². The number of aromatic amines is 1. The molecule has 6 heteroatoms. The van der Waals surface area contributed by atoms with Crippen molar-refractivity contribution in [1.82, 2.24) is 14.9 Å². The van der Waals surface area contributed by atoms with Crippen LogP contribution < -0.4 is 4.72 Å². The molecule has 0 radical (unpaired) electrons. The van der Waals surface area contributed by atoms with Gasteiger partial charge in [-0.3, -0.25) is 5.10 Å². The average molecular weight is 307 g/mol. The van der Waals surface area contributed by atoms with E-state index in [0.717, 1.165) is 5.56 Å². The molecule has 0 fully saturated rings. The van der Waals surface area contributed by atoms with Crippen LogP contribution in [0.3, 0.4) is 0 Å². The summed E-state index contributed by atoms with van der Waals surface area (Å²) in [4.78, 5) is 0. The number of hydrogen-bond donors (Lipinski definition) is 2. The topological polar surface area (TPSA) is 74.8 Å². The molecule has 0 saturated heterocycles. The summed E-state index contributed by atoms with van der Waals surface area (Å²) < 4.78 is 26.9. The van der Waals surface area contributed by atoms with E-state index >= 15 is 0 Å². The van der Waals surface area contributed by atoms with Gasteiger partial charge in [-0.1, -0.05) is 45.0 Å². The standard InChI is InChI=1S/C15H21N3O2S/c1-11(18-21(19,20)14-9-10-16-17-14)12-5-7-13(8-6-12)15(2,3)4/h5-11,18H,1-4H3,(H,16,17). The maximum atomic E-state index is 12.1. The SMILES string of the molecule is CC(NS(=O)(=O)c1ccn[nH]1)c1ccc(C(C)(C)C)cc1. The van der Waals surface area contributed by atoms with Gasteiger partial charge in [-0.2, -0.15) is 5.10 Å². The van der Waals surface area contributed by atoms with E-state index in [2.05, 4.69) is 35.7 Å². The van der Waals surface area contributed by atoms with Crippen LogP contribution in [-0.4, -0.2) is 18.6 Å². The van der Waals surface area contributed by atoms with Crippen molar-refractivity contribution in [2.24, 2.45) is 0 Å². The summed E-state index contributed by atoms with van der Waals surface area (Å²) in [5.74, 6) is 0. The van der Waals surface area contributed by atoms with Crippen LogP contribution in [-0.2, 0) is 15.4 Å². The molecule has 114 valence electrons. The van der Waals surface area contributed by atoms with Crippen molar-refractivity contribution in [2.75, 3.05) is 0 Å². The first-order valence-corrected chi connectivity index (χ1v) is 8.30. The second-order valence-electron chi connectivity index (χ2n) is 6.14. The number of H-pyrrole nitrogens is 1. The van der Waals surface area contributed by atoms with Gasteiger partial charge in [0.05, 0.1) is 6.20 Å². The Balaban J connectivity index is 2.16. The predicted octanol–water partition coefficient (Wildman–Crippen LogP) is 2.75. The molecule has 0 bridgehead atoms. The van der Waals surface area contributed by atoms with Crippen LogP contribution in [0.1, 0.15) is 44.9 Å². The van der Waals surface area contributed by atoms with Gasteiger partial charge in [0.25, 0.3) is 10.0 Å². The van der Waals surface area contributed by atoms with Crippen LogP contribution in [0, 0.1) is 0 Å². The lowest BCUT2D eigenvalue weighted by Crippen LogP contribution is -2.27. The molecule has 1 aromatic carbocycles. The molecule has 2 N–H and O–H groups in total. The average Bonchev–Trinajstić information content (AvgIpc) is 2.92. The van der Waals surface area contributed by atoms with E-state index in [0.29, 0.717) is 0 Å². The van der Waals surface area contributed by atoms with Crippen molar-refractivity contribution in [2.45, 2.75) is 44.2 Å². The Bertz CT molecular complexity index is 684. The van der Waals surface area contributed by atoms with Gasteiger partial charge < -0.3 is 0 Å². The maximum absolute atomic E-state index is 12.1. The minimum atomic E-state index is -3.57. The predicted molar refractivity (Wildman–Crippen MR) is 82.5 cm³/mol. The zero-order valence-corrected chi connectivity index (χ0v) is 13.5.